The highest BCUT2D eigenvalue weighted by Gasteiger charge is 2.17. The first kappa shape index (κ1) is 27.1. The van der Waals surface area contributed by atoms with Gasteiger partial charge in [0, 0.05) is 19.5 Å². The van der Waals surface area contributed by atoms with Crippen LogP contribution in [0.1, 0.15) is 31.2 Å². The van der Waals surface area contributed by atoms with Crippen molar-refractivity contribution in [2.24, 2.45) is 0 Å². The molecule has 0 spiro atoms. The number of benzene rings is 2. The van der Waals surface area contributed by atoms with Gasteiger partial charge in [0.25, 0.3) is 5.56 Å². The number of nitrogens with zero attached hydrogens (tertiary/aromatic N) is 2. The fourth-order valence-corrected chi connectivity index (χ4v) is 5.29. The van der Waals surface area contributed by atoms with E-state index in [2.05, 4.69) is 10.6 Å². The third-order valence-corrected chi connectivity index (χ3v) is 7.39. The lowest BCUT2D eigenvalue weighted by Gasteiger charge is -2.13. The van der Waals surface area contributed by atoms with Gasteiger partial charge < -0.3 is 20.1 Å². The minimum absolute atomic E-state index is 0.00959. The summed E-state index contributed by atoms with van der Waals surface area (Å²) in [5.74, 6) is 0.0719. The van der Waals surface area contributed by atoms with E-state index in [1.807, 2.05) is 18.2 Å². The molecule has 1 aliphatic heterocycles. The molecule has 3 heterocycles. The van der Waals surface area contributed by atoms with Gasteiger partial charge in [0.2, 0.25) is 18.6 Å². The number of hydrogen-bond acceptors (Lipinski definition) is 7. The lowest BCUT2D eigenvalue weighted by Crippen LogP contribution is -2.41. The largest absolute Gasteiger partial charge is 0.454 e. The molecule has 208 valence electrons. The standard InChI is InChI=1S/C28H27FN4O6S/c29-19-6-3-4-7-20(19)31-25(35)16-33-21-11-13-40-26(21)27(36)32(28(33)37)12-5-1-2-8-24(34)30-15-18-9-10-22-23(14-18)39-17-38-22/h3-4,6-7,9-11,13-14H,1-2,5,8,12,15-17H2,(H,30,34)(H,31,35). The molecule has 0 saturated carbocycles. The molecule has 2 N–H and O–H groups in total. The number of anilines is 1. The fourth-order valence-electron chi connectivity index (χ4n) is 4.45. The lowest BCUT2D eigenvalue weighted by atomic mass is 10.1. The van der Waals surface area contributed by atoms with E-state index in [9.17, 15) is 23.6 Å². The number of ether oxygens (including phenoxy) is 2. The van der Waals surface area contributed by atoms with Gasteiger partial charge in [-0.3, -0.25) is 23.5 Å². The van der Waals surface area contributed by atoms with Crippen molar-refractivity contribution >= 4 is 39.1 Å². The van der Waals surface area contributed by atoms with E-state index in [0.29, 0.717) is 53.9 Å². The normalized spacial score (nSPS) is 12.0. The number of halogens is 1. The van der Waals surface area contributed by atoms with E-state index < -0.39 is 23.0 Å². The maximum absolute atomic E-state index is 13.9. The lowest BCUT2D eigenvalue weighted by molar-refractivity contribution is -0.121. The highest BCUT2D eigenvalue weighted by Crippen LogP contribution is 2.32. The summed E-state index contributed by atoms with van der Waals surface area (Å²) in [5, 5.41) is 7.03. The van der Waals surface area contributed by atoms with E-state index in [4.69, 9.17) is 9.47 Å². The Balaban J connectivity index is 1.15. The second-order valence-corrected chi connectivity index (χ2v) is 10.2. The molecule has 2 amide bonds. The molecule has 12 heteroatoms. The second kappa shape index (κ2) is 12.2. The van der Waals surface area contributed by atoms with Gasteiger partial charge in [-0.2, -0.15) is 0 Å². The number of carbonyl (C=O) groups excluding carboxylic acids is 2. The van der Waals surface area contributed by atoms with Crippen LogP contribution in [-0.4, -0.2) is 27.7 Å². The molecule has 1 aliphatic rings. The van der Waals surface area contributed by atoms with Crippen molar-refractivity contribution in [3.8, 4) is 11.5 Å². The molecule has 5 rings (SSSR count). The Morgan fingerprint density at radius 3 is 2.62 bits per heavy atom. The molecule has 0 saturated heterocycles. The predicted molar refractivity (Wildman–Crippen MR) is 148 cm³/mol. The van der Waals surface area contributed by atoms with Crippen molar-refractivity contribution < 1.29 is 23.5 Å². The van der Waals surface area contributed by atoms with E-state index in [0.717, 1.165) is 10.1 Å². The summed E-state index contributed by atoms with van der Waals surface area (Å²) in [7, 11) is 0. The third-order valence-electron chi connectivity index (χ3n) is 6.50. The van der Waals surface area contributed by atoms with Crippen molar-refractivity contribution in [2.75, 3.05) is 12.1 Å². The molecule has 0 aliphatic carbocycles. The number of para-hydroxylation sites is 1. The average Bonchev–Trinajstić information content (AvgIpc) is 3.62. The van der Waals surface area contributed by atoms with Gasteiger partial charge >= 0.3 is 5.69 Å². The van der Waals surface area contributed by atoms with Gasteiger partial charge in [-0.1, -0.05) is 24.6 Å². The van der Waals surface area contributed by atoms with Crippen LogP contribution in [0.25, 0.3) is 10.2 Å². The van der Waals surface area contributed by atoms with Gasteiger partial charge in [0.15, 0.2) is 11.5 Å². The summed E-state index contributed by atoms with van der Waals surface area (Å²) in [6, 6.07) is 12.9. The zero-order chi connectivity index (χ0) is 28.1. The molecule has 0 fully saturated rings. The van der Waals surface area contributed by atoms with Crippen LogP contribution in [0.2, 0.25) is 0 Å². The third kappa shape index (κ3) is 6.07. The minimum Gasteiger partial charge on any atom is -0.454 e. The molecular weight excluding hydrogens is 539 g/mol. The molecule has 0 bridgehead atoms. The van der Waals surface area contributed by atoms with Crippen molar-refractivity contribution in [2.45, 2.75) is 45.3 Å². The number of nitrogens with one attached hydrogen (secondary N) is 2. The van der Waals surface area contributed by atoms with Crippen LogP contribution < -0.4 is 31.4 Å². The number of carbonyl (C=O) groups is 2. The minimum atomic E-state index is -0.610. The Hall–Kier alpha value is -4.45. The SMILES string of the molecule is O=C(CCCCCn1c(=O)c2sccc2n(CC(=O)Nc2ccccc2F)c1=O)NCc1ccc2c(c1)OCO2. The molecule has 2 aromatic carbocycles. The number of fused-ring (bicyclic) bond motifs is 2. The molecule has 0 unspecified atom stereocenters. The number of unbranched alkanes of at least 4 members (excludes halogenated alkanes) is 2. The summed E-state index contributed by atoms with van der Waals surface area (Å²) in [6.07, 6.45) is 2.02. The summed E-state index contributed by atoms with van der Waals surface area (Å²) in [6.45, 7) is 0.344. The van der Waals surface area contributed by atoms with E-state index >= 15 is 0 Å². The van der Waals surface area contributed by atoms with Crippen LogP contribution in [0.5, 0.6) is 11.5 Å². The van der Waals surface area contributed by atoms with Crippen LogP contribution in [0.3, 0.4) is 0 Å². The Kier molecular flexibility index (Phi) is 8.25. The van der Waals surface area contributed by atoms with Gasteiger partial charge in [0.1, 0.15) is 17.1 Å². The molecule has 40 heavy (non-hydrogen) atoms. The van der Waals surface area contributed by atoms with Crippen molar-refractivity contribution in [1.29, 1.82) is 0 Å². The topological polar surface area (TPSA) is 121 Å². The van der Waals surface area contributed by atoms with Crippen LogP contribution in [0.15, 0.2) is 63.5 Å². The highest BCUT2D eigenvalue weighted by molar-refractivity contribution is 7.17. The number of amides is 2. The quantitative estimate of drug-likeness (QED) is 0.268. The molecular formula is C28H27FN4O6S. The number of thiophene rings is 1. The number of hydrogen-bond donors (Lipinski definition) is 2. The Morgan fingerprint density at radius 1 is 0.950 bits per heavy atom. The van der Waals surface area contributed by atoms with Crippen LogP contribution in [0.4, 0.5) is 10.1 Å². The Morgan fingerprint density at radius 2 is 1.77 bits per heavy atom. The van der Waals surface area contributed by atoms with Crippen molar-refractivity contribution in [1.82, 2.24) is 14.5 Å². The van der Waals surface area contributed by atoms with Crippen LogP contribution in [-0.2, 0) is 29.2 Å². The Bertz CT molecular complexity index is 1680. The smallest absolute Gasteiger partial charge is 0.332 e. The predicted octanol–water partition coefficient (Wildman–Crippen LogP) is 3.61. The van der Waals surface area contributed by atoms with Crippen LogP contribution in [0, 0.1) is 5.82 Å². The van der Waals surface area contributed by atoms with E-state index in [-0.39, 0.29) is 31.5 Å². The van der Waals surface area contributed by atoms with Gasteiger partial charge in [-0.25, -0.2) is 9.18 Å². The zero-order valence-electron chi connectivity index (χ0n) is 21.5. The zero-order valence-corrected chi connectivity index (χ0v) is 22.3. The summed E-state index contributed by atoms with van der Waals surface area (Å²) >= 11 is 1.19. The van der Waals surface area contributed by atoms with Gasteiger partial charge in [-0.15, -0.1) is 11.3 Å². The first-order chi connectivity index (χ1) is 19.4. The fraction of sp³-hybridized carbons (Fsp3) is 0.286. The van der Waals surface area contributed by atoms with Crippen LogP contribution >= 0.6 is 11.3 Å². The van der Waals surface area contributed by atoms with Gasteiger partial charge in [0.05, 0.1) is 11.2 Å². The maximum Gasteiger partial charge on any atom is 0.332 e. The van der Waals surface area contributed by atoms with Gasteiger partial charge in [-0.05, 0) is 54.1 Å². The monoisotopic (exact) mass is 566 g/mol. The number of rotatable bonds is 11. The molecule has 2 aromatic heterocycles. The number of aromatic nitrogens is 2. The van der Waals surface area contributed by atoms with Crippen molar-refractivity contribution in [3.63, 3.8) is 0 Å². The first-order valence-electron chi connectivity index (χ1n) is 12.8. The summed E-state index contributed by atoms with van der Waals surface area (Å²) in [4.78, 5) is 51.1. The van der Waals surface area contributed by atoms with E-state index in [1.54, 1.807) is 17.5 Å². The molecule has 10 nitrogen and oxygen atoms in total. The summed E-state index contributed by atoms with van der Waals surface area (Å²) in [5.41, 5.74) is 0.248. The Labute approximate surface area is 232 Å². The summed E-state index contributed by atoms with van der Waals surface area (Å²) < 4.78 is 27.3. The molecule has 4 aromatic rings. The van der Waals surface area contributed by atoms with Crippen molar-refractivity contribution in [3.05, 3.63) is 86.1 Å². The second-order valence-electron chi connectivity index (χ2n) is 9.26. The molecule has 0 radical (unpaired) electrons. The average molecular weight is 567 g/mol. The highest BCUT2D eigenvalue weighted by atomic mass is 32.1. The van der Waals surface area contributed by atoms with E-state index in [1.165, 1.54) is 34.1 Å². The first-order valence-corrected chi connectivity index (χ1v) is 13.7. The maximum atomic E-state index is 13.9. The molecule has 0 atom stereocenters.